The highest BCUT2D eigenvalue weighted by Gasteiger charge is 2.52. The summed E-state index contributed by atoms with van der Waals surface area (Å²) in [6.07, 6.45) is 10.2. The molecule has 5 aliphatic rings. The first-order valence-corrected chi connectivity index (χ1v) is 18.1. The number of aromatic nitrogens is 3. The van der Waals surface area contributed by atoms with Gasteiger partial charge in [0.2, 0.25) is 11.8 Å². The van der Waals surface area contributed by atoms with Gasteiger partial charge in [0.05, 0.1) is 20.9 Å². The van der Waals surface area contributed by atoms with E-state index in [0.717, 1.165) is 70.6 Å². The number of halogens is 2. The van der Waals surface area contributed by atoms with Crippen molar-refractivity contribution < 1.29 is 13.6 Å². The molecule has 2 heterocycles. The van der Waals surface area contributed by atoms with Crippen molar-refractivity contribution >= 4 is 33.1 Å². The number of carbonyl (C=O) groups excluding carboxylic acids is 1. The molecule has 2 aromatic carbocycles. The van der Waals surface area contributed by atoms with Gasteiger partial charge in [-0.3, -0.25) is 9.48 Å². The predicted molar refractivity (Wildman–Crippen MR) is 181 cm³/mol. The fourth-order valence-electron chi connectivity index (χ4n) is 8.84. The smallest absolute Gasteiger partial charge is 0.248 e. The molecular weight excluding hydrogens is 599 g/mol. The van der Waals surface area contributed by atoms with Crippen molar-refractivity contribution in [2.45, 2.75) is 108 Å². The molecule has 0 spiro atoms. The van der Waals surface area contributed by atoms with E-state index in [1.807, 2.05) is 11.8 Å². The molecule has 5 aliphatic carbocycles. The predicted octanol–water partition coefficient (Wildman–Crippen LogP) is 9.72. The lowest BCUT2D eigenvalue weighted by atomic mass is 9.52. The number of alkyl halides is 2. The first-order chi connectivity index (χ1) is 22.1. The maximum atomic E-state index is 14.3. The van der Waals surface area contributed by atoms with Crippen molar-refractivity contribution in [3.63, 3.8) is 0 Å². The van der Waals surface area contributed by atoms with Gasteiger partial charge in [0.15, 0.2) is 0 Å². The lowest BCUT2D eigenvalue weighted by Crippen LogP contribution is -2.51. The summed E-state index contributed by atoms with van der Waals surface area (Å²) in [5.41, 5.74) is 7.06. The summed E-state index contributed by atoms with van der Waals surface area (Å²) in [6.45, 7) is 2.73. The van der Waals surface area contributed by atoms with Crippen LogP contribution in [0.15, 0.2) is 48.5 Å². The third kappa shape index (κ3) is 5.69. The molecule has 0 aliphatic heterocycles. The van der Waals surface area contributed by atoms with Gasteiger partial charge in [-0.25, -0.2) is 13.8 Å². The number of carbonyl (C=O) groups is 1. The fraction of sp³-hybridized carbons (Fsp3) is 0.553. The van der Waals surface area contributed by atoms with Gasteiger partial charge in [-0.1, -0.05) is 18.2 Å². The number of amides is 1. The van der Waals surface area contributed by atoms with Gasteiger partial charge in [0, 0.05) is 55.6 Å². The minimum atomic E-state index is -2.59. The Labute approximate surface area is 274 Å². The second-order valence-corrected chi connectivity index (χ2v) is 16.3. The third-order valence-corrected chi connectivity index (χ3v) is 12.9. The molecule has 1 amide bonds. The quantitative estimate of drug-likeness (QED) is 0.192. The van der Waals surface area contributed by atoms with Crippen molar-refractivity contribution in [1.29, 1.82) is 0 Å². The Hall–Kier alpha value is -3.13. The maximum Gasteiger partial charge on any atom is 0.248 e. The molecule has 242 valence electrons. The second kappa shape index (κ2) is 11.2. The van der Waals surface area contributed by atoms with Crippen molar-refractivity contribution in [2.75, 3.05) is 11.4 Å². The molecule has 0 unspecified atom stereocenters. The molecular formula is C38H44F2N4OS. The van der Waals surface area contributed by atoms with Crippen LogP contribution in [-0.4, -0.2) is 33.1 Å². The van der Waals surface area contributed by atoms with E-state index in [0.29, 0.717) is 31.7 Å². The van der Waals surface area contributed by atoms with Gasteiger partial charge < -0.3 is 4.90 Å². The molecule has 46 heavy (non-hydrogen) atoms. The van der Waals surface area contributed by atoms with Gasteiger partial charge in [-0.15, -0.1) is 11.3 Å². The second-order valence-electron chi connectivity index (χ2n) is 15.1. The van der Waals surface area contributed by atoms with Crippen LogP contribution in [0.5, 0.6) is 0 Å². The first kappa shape index (κ1) is 30.2. The zero-order chi connectivity index (χ0) is 31.7. The van der Waals surface area contributed by atoms with E-state index in [4.69, 9.17) is 5.10 Å². The summed E-state index contributed by atoms with van der Waals surface area (Å²) in [5.74, 6) is -1.84. The summed E-state index contributed by atoms with van der Waals surface area (Å²) in [6, 6.07) is 17.2. The summed E-state index contributed by atoms with van der Waals surface area (Å²) in [7, 11) is 2.12. The van der Waals surface area contributed by atoms with Crippen LogP contribution in [0.4, 0.5) is 14.5 Å². The molecule has 5 saturated carbocycles. The monoisotopic (exact) mass is 642 g/mol. The Kier molecular flexibility index (Phi) is 7.39. The van der Waals surface area contributed by atoms with Crippen molar-refractivity contribution in [3.8, 4) is 11.1 Å². The van der Waals surface area contributed by atoms with Crippen LogP contribution >= 0.6 is 11.3 Å². The molecule has 5 fully saturated rings. The SMILES string of the molecule is Cc1nc2ccc(-c3cccc(N(CC45CCC(c6cc(C7CC7)nn6C)(CC4)CC5)C(=O)CC4CCC(F)(F)CC4)c3)cc2s1. The zero-order valence-corrected chi connectivity index (χ0v) is 27.9. The summed E-state index contributed by atoms with van der Waals surface area (Å²) in [4.78, 5) is 20.9. The van der Waals surface area contributed by atoms with Crippen LogP contribution in [0.2, 0.25) is 0 Å². The Bertz CT molecular complexity index is 1750. The summed E-state index contributed by atoms with van der Waals surface area (Å²) in [5, 5.41) is 5.97. The lowest BCUT2D eigenvalue weighted by Gasteiger charge is -2.54. The van der Waals surface area contributed by atoms with Crippen LogP contribution in [0.3, 0.4) is 0 Å². The molecule has 0 atom stereocenters. The standard InChI is InChI=1S/C38H44F2N4OS/c1-25-41-31-9-8-29(22-33(31)46-25)28-4-3-5-30(21-28)44(35(45)20-26-10-12-38(39,40)13-11-26)24-36-14-17-37(18-15-36,19-16-36)34-23-32(27-6-7-27)42-43(34)2/h3-5,8-9,21-23,26-27H,6-7,10-20,24H2,1-2H3. The maximum absolute atomic E-state index is 14.3. The minimum absolute atomic E-state index is 0.0168. The number of hydrogen-bond donors (Lipinski definition) is 0. The number of rotatable bonds is 8. The molecule has 2 aromatic heterocycles. The summed E-state index contributed by atoms with van der Waals surface area (Å²) < 4.78 is 31.3. The number of fused-ring (bicyclic) bond motifs is 4. The number of thiazole rings is 1. The molecule has 5 nitrogen and oxygen atoms in total. The van der Waals surface area contributed by atoms with E-state index in [1.165, 1.54) is 24.2 Å². The van der Waals surface area contributed by atoms with E-state index < -0.39 is 5.92 Å². The molecule has 4 aromatic rings. The van der Waals surface area contributed by atoms with E-state index in [9.17, 15) is 13.6 Å². The number of aryl methyl sites for hydroxylation is 2. The summed E-state index contributed by atoms with van der Waals surface area (Å²) >= 11 is 1.70. The number of benzene rings is 2. The highest BCUT2D eigenvalue weighted by molar-refractivity contribution is 7.18. The lowest BCUT2D eigenvalue weighted by molar-refractivity contribution is -0.121. The number of anilines is 1. The van der Waals surface area contributed by atoms with Crippen LogP contribution < -0.4 is 4.90 Å². The molecule has 0 radical (unpaired) electrons. The third-order valence-electron chi connectivity index (χ3n) is 11.9. The van der Waals surface area contributed by atoms with Crippen LogP contribution in [0, 0.1) is 18.3 Å². The van der Waals surface area contributed by atoms with E-state index in [2.05, 4.69) is 65.2 Å². The first-order valence-electron chi connectivity index (χ1n) is 17.3. The molecule has 8 heteroatoms. The van der Waals surface area contributed by atoms with Gasteiger partial charge in [0.25, 0.3) is 0 Å². The van der Waals surface area contributed by atoms with Crippen LogP contribution in [0.25, 0.3) is 21.3 Å². The van der Waals surface area contributed by atoms with Gasteiger partial charge in [0.1, 0.15) is 0 Å². The van der Waals surface area contributed by atoms with E-state index >= 15 is 0 Å². The highest BCUT2D eigenvalue weighted by atomic mass is 32.1. The molecule has 9 rings (SSSR count). The largest absolute Gasteiger partial charge is 0.312 e. The number of hydrogen-bond acceptors (Lipinski definition) is 4. The Morgan fingerprint density at radius 3 is 2.37 bits per heavy atom. The van der Waals surface area contributed by atoms with Gasteiger partial charge >= 0.3 is 0 Å². The van der Waals surface area contributed by atoms with E-state index in [1.54, 1.807) is 11.3 Å². The Morgan fingerprint density at radius 2 is 1.65 bits per heavy atom. The highest BCUT2D eigenvalue weighted by Crippen LogP contribution is 2.58. The molecule has 0 N–H and O–H groups in total. The average molecular weight is 643 g/mol. The van der Waals surface area contributed by atoms with Gasteiger partial charge in [-0.2, -0.15) is 5.10 Å². The normalized spacial score (nSPS) is 26.1. The molecule has 0 saturated heterocycles. The zero-order valence-electron chi connectivity index (χ0n) is 27.0. The Balaban J connectivity index is 1.06. The average Bonchev–Trinajstić information content (AvgIpc) is 3.73. The fourth-order valence-corrected chi connectivity index (χ4v) is 9.71. The van der Waals surface area contributed by atoms with Gasteiger partial charge in [-0.05, 0) is 124 Å². The van der Waals surface area contributed by atoms with Crippen LogP contribution in [-0.2, 0) is 17.3 Å². The van der Waals surface area contributed by atoms with Crippen LogP contribution in [0.1, 0.15) is 106 Å². The number of nitrogens with zero attached hydrogens (tertiary/aromatic N) is 4. The Morgan fingerprint density at radius 1 is 0.935 bits per heavy atom. The minimum Gasteiger partial charge on any atom is -0.312 e. The van der Waals surface area contributed by atoms with E-state index in [-0.39, 0.29) is 35.5 Å². The molecule has 2 bridgehead atoms. The topological polar surface area (TPSA) is 51.0 Å². The van der Waals surface area contributed by atoms with Crippen molar-refractivity contribution in [3.05, 3.63) is 64.9 Å². The van der Waals surface area contributed by atoms with Crippen molar-refractivity contribution in [1.82, 2.24) is 14.8 Å². The van der Waals surface area contributed by atoms with Crippen molar-refractivity contribution in [2.24, 2.45) is 18.4 Å².